The highest BCUT2D eigenvalue weighted by Crippen LogP contribution is 2.24. The van der Waals surface area contributed by atoms with Gasteiger partial charge in [-0.1, -0.05) is 50.3 Å². The molecule has 1 atom stereocenters. The molecule has 0 saturated carbocycles. The van der Waals surface area contributed by atoms with Gasteiger partial charge in [-0.15, -0.1) is 0 Å². The van der Waals surface area contributed by atoms with Gasteiger partial charge in [0, 0.05) is 10.7 Å². The lowest BCUT2D eigenvalue weighted by molar-refractivity contribution is -0.145. The van der Waals surface area contributed by atoms with Crippen molar-refractivity contribution < 1.29 is 9.53 Å². The standard InChI is InChI=1S/C16H24ClNO2/c1-4-5-6-7-11-16(2,15(19)20-3)18-14-10-8-9-13(17)12-14/h8-10,12,18H,4-7,11H2,1-3H3. The number of methoxy groups -OCH3 is 1. The number of halogens is 1. The van der Waals surface area contributed by atoms with Crippen molar-refractivity contribution >= 4 is 23.3 Å². The first kappa shape index (κ1) is 16.8. The van der Waals surface area contributed by atoms with Crippen molar-refractivity contribution in [3.63, 3.8) is 0 Å². The van der Waals surface area contributed by atoms with Crippen LogP contribution in [0.4, 0.5) is 5.69 Å². The van der Waals surface area contributed by atoms with Crippen molar-refractivity contribution in [1.29, 1.82) is 0 Å². The van der Waals surface area contributed by atoms with Crippen molar-refractivity contribution in [3.8, 4) is 0 Å². The Balaban J connectivity index is 2.74. The summed E-state index contributed by atoms with van der Waals surface area (Å²) in [6.07, 6.45) is 5.23. The predicted molar refractivity (Wildman–Crippen MR) is 84.3 cm³/mol. The number of esters is 1. The van der Waals surface area contributed by atoms with E-state index in [2.05, 4.69) is 12.2 Å². The smallest absolute Gasteiger partial charge is 0.331 e. The predicted octanol–water partition coefficient (Wildman–Crippen LogP) is 4.65. The van der Waals surface area contributed by atoms with Crippen LogP contribution in [0.25, 0.3) is 0 Å². The Morgan fingerprint density at radius 1 is 1.35 bits per heavy atom. The SMILES string of the molecule is CCCCCCC(C)(Nc1cccc(Cl)c1)C(=O)OC. The van der Waals surface area contributed by atoms with Gasteiger partial charge in [0.15, 0.2) is 0 Å². The zero-order chi connectivity index (χ0) is 15.0. The van der Waals surface area contributed by atoms with Crippen LogP contribution in [0.5, 0.6) is 0 Å². The fourth-order valence-electron chi connectivity index (χ4n) is 2.23. The molecular weight excluding hydrogens is 274 g/mol. The molecule has 1 rings (SSSR count). The van der Waals surface area contributed by atoms with Gasteiger partial charge in [-0.05, 0) is 31.5 Å². The molecule has 0 aliphatic rings. The molecule has 0 bridgehead atoms. The minimum Gasteiger partial charge on any atom is -0.467 e. The second kappa shape index (κ2) is 8.15. The molecule has 0 saturated heterocycles. The normalized spacial score (nSPS) is 13.6. The molecule has 0 aromatic heterocycles. The molecule has 20 heavy (non-hydrogen) atoms. The first-order valence-corrected chi connectivity index (χ1v) is 7.52. The Kier molecular flexibility index (Phi) is 6.86. The van der Waals surface area contributed by atoms with Crippen LogP contribution in [0, 0.1) is 0 Å². The third kappa shape index (κ3) is 5.04. The van der Waals surface area contributed by atoms with E-state index in [4.69, 9.17) is 16.3 Å². The number of anilines is 1. The number of benzene rings is 1. The van der Waals surface area contributed by atoms with Gasteiger partial charge in [-0.25, -0.2) is 4.79 Å². The monoisotopic (exact) mass is 297 g/mol. The minimum atomic E-state index is -0.715. The average Bonchev–Trinajstić information content (AvgIpc) is 2.42. The lowest BCUT2D eigenvalue weighted by Gasteiger charge is -2.29. The maximum atomic E-state index is 12.1. The number of carbonyl (C=O) groups excluding carboxylic acids is 1. The third-order valence-electron chi connectivity index (χ3n) is 3.41. The lowest BCUT2D eigenvalue weighted by atomic mass is 9.93. The van der Waals surface area contributed by atoms with Crippen molar-refractivity contribution in [2.75, 3.05) is 12.4 Å². The van der Waals surface area contributed by atoms with Gasteiger partial charge in [0.25, 0.3) is 0 Å². The lowest BCUT2D eigenvalue weighted by Crippen LogP contribution is -2.44. The molecule has 0 aliphatic heterocycles. The summed E-state index contributed by atoms with van der Waals surface area (Å²) in [7, 11) is 1.42. The number of carbonyl (C=O) groups is 1. The van der Waals surface area contributed by atoms with Crippen LogP contribution >= 0.6 is 11.6 Å². The van der Waals surface area contributed by atoms with Gasteiger partial charge in [-0.3, -0.25) is 0 Å². The van der Waals surface area contributed by atoms with Gasteiger partial charge in [0.1, 0.15) is 5.54 Å². The molecular formula is C16H24ClNO2. The summed E-state index contributed by atoms with van der Waals surface area (Å²) in [5.41, 5.74) is 0.119. The van der Waals surface area contributed by atoms with E-state index in [1.165, 1.54) is 20.0 Å². The maximum Gasteiger partial charge on any atom is 0.331 e. The van der Waals surface area contributed by atoms with Crippen LogP contribution in [0.1, 0.15) is 46.0 Å². The second-order valence-electron chi connectivity index (χ2n) is 5.27. The Labute approximate surface area is 126 Å². The fraction of sp³-hybridized carbons (Fsp3) is 0.562. The topological polar surface area (TPSA) is 38.3 Å². The van der Waals surface area contributed by atoms with E-state index >= 15 is 0 Å². The number of hydrogen-bond acceptors (Lipinski definition) is 3. The molecule has 0 radical (unpaired) electrons. The molecule has 112 valence electrons. The summed E-state index contributed by atoms with van der Waals surface area (Å²) in [5, 5.41) is 3.91. The summed E-state index contributed by atoms with van der Waals surface area (Å²) < 4.78 is 4.94. The highest BCUT2D eigenvalue weighted by atomic mass is 35.5. The molecule has 1 aromatic rings. The second-order valence-corrected chi connectivity index (χ2v) is 5.71. The highest BCUT2D eigenvalue weighted by molar-refractivity contribution is 6.30. The molecule has 0 fully saturated rings. The van der Waals surface area contributed by atoms with Gasteiger partial charge >= 0.3 is 5.97 Å². The molecule has 0 spiro atoms. The summed E-state index contributed by atoms with van der Waals surface area (Å²) in [6.45, 7) is 4.05. The van der Waals surface area contributed by atoms with E-state index in [1.54, 1.807) is 0 Å². The first-order valence-electron chi connectivity index (χ1n) is 7.14. The van der Waals surface area contributed by atoms with Crippen molar-refractivity contribution in [2.24, 2.45) is 0 Å². The Morgan fingerprint density at radius 2 is 2.10 bits per heavy atom. The van der Waals surface area contributed by atoms with Crippen LogP contribution in [0.3, 0.4) is 0 Å². The Hall–Kier alpha value is -1.22. The van der Waals surface area contributed by atoms with Crippen molar-refractivity contribution in [2.45, 2.75) is 51.5 Å². The van der Waals surface area contributed by atoms with Crippen molar-refractivity contribution in [3.05, 3.63) is 29.3 Å². The summed E-state index contributed by atoms with van der Waals surface area (Å²) in [6, 6.07) is 7.39. The molecule has 1 aromatic carbocycles. The highest BCUT2D eigenvalue weighted by Gasteiger charge is 2.33. The molecule has 1 unspecified atom stereocenters. The molecule has 0 aliphatic carbocycles. The van der Waals surface area contributed by atoms with Crippen LogP contribution in [0.2, 0.25) is 5.02 Å². The Bertz CT molecular complexity index is 436. The molecule has 0 heterocycles. The zero-order valence-corrected chi connectivity index (χ0v) is 13.3. The van der Waals surface area contributed by atoms with Crippen LogP contribution < -0.4 is 5.32 Å². The molecule has 1 N–H and O–H groups in total. The molecule has 0 amide bonds. The van der Waals surface area contributed by atoms with Gasteiger partial charge in [0.2, 0.25) is 0 Å². The largest absolute Gasteiger partial charge is 0.467 e. The van der Waals surface area contributed by atoms with Crippen LogP contribution in [0.15, 0.2) is 24.3 Å². The summed E-state index contributed by atoms with van der Waals surface area (Å²) in [5.74, 6) is -0.242. The van der Waals surface area contributed by atoms with E-state index in [0.717, 1.165) is 24.9 Å². The quantitative estimate of drug-likeness (QED) is 0.560. The number of unbranched alkanes of at least 4 members (excludes halogenated alkanes) is 3. The van der Waals surface area contributed by atoms with Crippen LogP contribution in [-0.4, -0.2) is 18.6 Å². The van der Waals surface area contributed by atoms with Gasteiger partial charge in [0.05, 0.1) is 7.11 Å². The number of ether oxygens (including phenoxy) is 1. The maximum absolute atomic E-state index is 12.1. The van der Waals surface area contributed by atoms with Crippen molar-refractivity contribution in [1.82, 2.24) is 0 Å². The van der Waals surface area contributed by atoms with E-state index in [-0.39, 0.29) is 5.97 Å². The summed E-state index contributed by atoms with van der Waals surface area (Å²) in [4.78, 5) is 12.1. The van der Waals surface area contributed by atoms with E-state index in [9.17, 15) is 4.79 Å². The number of nitrogens with one attached hydrogen (secondary N) is 1. The molecule has 3 nitrogen and oxygen atoms in total. The zero-order valence-electron chi connectivity index (χ0n) is 12.5. The van der Waals surface area contributed by atoms with E-state index in [1.807, 2.05) is 31.2 Å². The number of hydrogen-bond donors (Lipinski definition) is 1. The first-order chi connectivity index (χ1) is 9.51. The third-order valence-corrected chi connectivity index (χ3v) is 3.65. The Morgan fingerprint density at radius 3 is 2.70 bits per heavy atom. The molecule has 4 heteroatoms. The fourth-order valence-corrected chi connectivity index (χ4v) is 2.42. The van der Waals surface area contributed by atoms with Gasteiger partial charge < -0.3 is 10.1 Å². The van der Waals surface area contributed by atoms with Crippen LogP contribution in [-0.2, 0) is 9.53 Å². The van der Waals surface area contributed by atoms with E-state index in [0.29, 0.717) is 5.02 Å². The summed E-state index contributed by atoms with van der Waals surface area (Å²) >= 11 is 5.98. The minimum absolute atomic E-state index is 0.242. The van der Waals surface area contributed by atoms with Gasteiger partial charge in [-0.2, -0.15) is 0 Å². The average molecular weight is 298 g/mol. The van der Waals surface area contributed by atoms with E-state index < -0.39 is 5.54 Å². The number of rotatable bonds is 8.